The van der Waals surface area contributed by atoms with Crippen LogP contribution in [0.2, 0.25) is 0 Å². The molecule has 0 aliphatic heterocycles. The van der Waals surface area contributed by atoms with Crippen LogP contribution in [-0.4, -0.2) is 22.2 Å². The van der Waals surface area contributed by atoms with Crippen molar-refractivity contribution in [1.82, 2.24) is 0 Å². The Labute approximate surface area is 147 Å². The minimum atomic E-state index is -0.784. The van der Waals surface area contributed by atoms with Crippen molar-refractivity contribution in [2.75, 3.05) is 0 Å². The average molecular weight is 341 g/mol. The maximum Gasteiger partial charge on any atom is 0.307 e. The molecule has 4 heteroatoms. The highest BCUT2D eigenvalue weighted by atomic mass is 16.4. The first-order chi connectivity index (χ1) is 11.6. The second-order valence-corrected chi connectivity index (χ2v) is 7.45. The first-order valence-corrected chi connectivity index (χ1v) is 10.0. The Morgan fingerprint density at radius 2 is 1.17 bits per heavy atom. The van der Waals surface area contributed by atoms with Gasteiger partial charge in [0.05, 0.1) is 5.92 Å². The predicted molar refractivity (Wildman–Crippen MR) is 96.1 cm³/mol. The smallest absolute Gasteiger partial charge is 0.307 e. The minimum Gasteiger partial charge on any atom is -0.481 e. The summed E-state index contributed by atoms with van der Waals surface area (Å²) in [6, 6.07) is 0. The lowest BCUT2D eigenvalue weighted by Crippen LogP contribution is -2.01. The molecule has 140 valence electrons. The molecular formula is C20H36O4. The second-order valence-electron chi connectivity index (χ2n) is 7.45. The minimum absolute atomic E-state index is 0.161. The van der Waals surface area contributed by atoms with Crippen LogP contribution >= 0.6 is 0 Å². The lowest BCUT2D eigenvalue weighted by Gasteiger charge is -2.02. The Kier molecular flexibility index (Phi) is 10.8. The molecule has 0 aromatic carbocycles. The molecule has 0 radical (unpaired) electrons. The van der Waals surface area contributed by atoms with E-state index in [9.17, 15) is 14.7 Å². The van der Waals surface area contributed by atoms with Crippen LogP contribution in [0.5, 0.6) is 0 Å². The summed E-state index contributed by atoms with van der Waals surface area (Å²) >= 11 is 0. The molecule has 4 nitrogen and oxygen atoms in total. The molecule has 2 N–H and O–H groups in total. The maximum absolute atomic E-state index is 11.2. The van der Waals surface area contributed by atoms with Crippen molar-refractivity contribution in [3.63, 3.8) is 0 Å². The van der Waals surface area contributed by atoms with Gasteiger partial charge >= 0.3 is 11.9 Å². The van der Waals surface area contributed by atoms with Crippen LogP contribution in [0.3, 0.4) is 0 Å². The van der Waals surface area contributed by atoms with Crippen LogP contribution in [0.1, 0.15) is 96.8 Å². The number of hydrogen-bond acceptors (Lipinski definition) is 2. The summed E-state index contributed by atoms with van der Waals surface area (Å²) in [5, 5.41) is 17.9. The van der Waals surface area contributed by atoms with Gasteiger partial charge in [-0.25, -0.2) is 0 Å². The van der Waals surface area contributed by atoms with Crippen LogP contribution in [0.25, 0.3) is 0 Å². The molecule has 1 aliphatic rings. The number of carboxylic acid groups (broad SMARTS) is 2. The summed E-state index contributed by atoms with van der Waals surface area (Å²) in [5.74, 6) is -1.16. The molecule has 1 aliphatic carbocycles. The van der Waals surface area contributed by atoms with Crippen LogP contribution in [0.4, 0.5) is 0 Å². The number of carboxylic acids is 2. The molecule has 0 spiro atoms. The first-order valence-electron chi connectivity index (χ1n) is 10.0. The quantitative estimate of drug-likeness (QED) is 0.364. The van der Waals surface area contributed by atoms with E-state index in [0.717, 1.165) is 19.3 Å². The molecule has 0 heterocycles. The van der Waals surface area contributed by atoms with Crippen molar-refractivity contribution >= 4 is 11.9 Å². The number of aliphatic carboxylic acids is 2. The first kappa shape index (κ1) is 21.0. The predicted octanol–water partition coefficient (Wildman–Crippen LogP) is 5.50. The highest BCUT2D eigenvalue weighted by molar-refractivity contribution is 5.74. The van der Waals surface area contributed by atoms with E-state index >= 15 is 0 Å². The molecule has 1 saturated carbocycles. The van der Waals surface area contributed by atoms with Gasteiger partial charge < -0.3 is 10.2 Å². The fourth-order valence-corrected chi connectivity index (χ4v) is 3.96. The molecule has 1 rings (SSSR count). The topological polar surface area (TPSA) is 74.6 Å². The van der Waals surface area contributed by atoms with Gasteiger partial charge in [0, 0.05) is 6.42 Å². The van der Waals surface area contributed by atoms with Gasteiger partial charge in [0.25, 0.3) is 0 Å². The molecule has 1 fully saturated rings. The summed E-state index contributed by atoms with van der Waals surface area (Å²) in [4.78, 5) is 21.8. The summed E-state index contributed by atoms with van der Waals surface area (Å²) in [6.07, 6.45) is 15.5. The Hall–Kier alpha value is -1.06. The number of unbranched alkanes of at least 4 members (excludes halogenated alkanes) is 9. The lowest BCUT2D eigenvalue weighted by molar-refractivity contribution is -0.139. The van der Waals surface area contributed by atoms with Gasteiger partial charge in [0.2, 0.25) is 0 Å². The third kappa shape index (κ3) is 8.70. The third-order valence-electron chi connectivity index (χ3n) is 5.44. The average Bonchev–Trinajstić information content (AvgIpc) is 3.22. The summed E-state index contributed by atoms with van der Waals surface area (Å²) < 4.78 is 0. The van der Waals surface area contributed by atoms with E-state index in [-0.39, 0.29) is 18.3 Å². The molecule has 0 bridgehead atoms. The zero-order valence-electron chi connectivity index (χ0n) is 15.3. The fraction of sp³-hybridized carbons (Fsp3) is 0.900. The zero-order valence-corrected chi connectivity index (χ0v) is 15.3. The number of rotatable bonds is 16. The molecule has 0 amide bonds. The Balaban J connectivity index is 2.00. The van der Waals surface area contributed by atoms with E-state index in [4.69, 9.17) is 5.11 Å². The molecule has 3 unspecified atom stereocenters. The molecule has 0 aromatic heterocycles. The van der Waals surface area contributed by atoms with Crippen molar-refractivity contribution in [2.45, 2.75) is 96.8 Å². The largest absolute Gasteiger partial charge is 0.481 e. The third-order valence-corrected chi connectivity index (χ3v) is 5.44. The standard InChI is InChI=1S/C20H36O4/c1-2-3-4-5-6-7-8-9-10-11-13-16-17(19(16)20(23)24)14-12-15-18(21)22/h16-17,19H,2-15H2,1H3,(H,21,22)(H,23,24). The van der Waals surface area contributed by atoms with Gasteiger partial charge in [-0.3, -0.25) is 9.59 Å². The Morgan fingerprint density at radius 3 is 1.62 bits per heavy atom. The van der Waals surface area contributed by atoms with Crippen molar-refractivity contribution in [3.05, 3.63) is 0 Å². The van der Waals surface area contributed by atoms with Gasteiger partial charge in [-0.05, 0) is 31.1 Å². The summed E-state index contributed by atoms with van der Waals surface area (Å²) in [7, 11) is 0. The van der Waals surface area contributed by atoms with Crippen LogP contribution < -0.4 is 0 Å². The van der Waals surface area contributed by atoms with Crippen molar-refractivity contribution < 1.29 is 19.8 Å². The summed E-state index contributed by atoms with van der Waals surface area (Å²) in [6.45, 7) is 2.24. The van der Waals surface area contributed by atoms with Gasteiger partial charge in [-0.1, -0.05) is 71.1 Å². The van der Waals surface area contributed by atoms with Gasteiger partial charge in [-0.15, -0.1) is 0 Å². The van der Waals surface area contributed by atoms with Crippen molar-refractivity contribution in [1.29, 1.82) is 0 Å². The Morgan fingerprint density at radius 1 is 0.708 bits per heavy atom. The SMILES string of the molecule is CCCCCCCCCCCCC1C(CCCC(=O)O)C1C(=O)O. The van der Waals surface area contributed by atoms with E-state index < -0.39 is 11.9 Å². The maximum atomic E-state index is 11.2. The number of hydrogen-bond donors (Lipinski definition) is 2. The molecule has 3 atom stereocenters. The van der Waals surface area contributed by atoms with Crippen LogP contribution in [0.15, 0.2) is 0 Å². The van der Waals surface area contributed by atoms with Gasteiger partial charge in [0.1, 0.15) is 0 Å². The Bertz CT molecular complexity index is 367. The molecule has 0 saturated heterocycles. The molecule has 0 aromatic rings. The van der Waals surface area contributed by atoms with E-state index in [1.165, 1.54) is 57.8 Å². The van der Waals surface area contributed by atoms with Crippen molar-refractivity contribution in [3.8, 4) is 0 Å². The van der Waals surface area contributed by atoms with Gasteiger partial charge in [0.15, 0.2) is 0 Å². The second kappa shape index (κ2) is 12.3. The summed E-state index contributed by atoms with van der Waals surface area (Å²) in [5.41, 5.74) is 0. The number of carbonyl (C=O) groups is 2. The fourth-order valence-electron chi connectivity index (χ4n) is 3.96. The zero-order chi connectivity index (χ0) is 17.8. The lowest BCUT2D eigenvalue weighted by atomic mass is 10.0. The van der Waals surface area contributed by atoms with Crippen LogP contribution in [-0.2, 0) is 9.59 Å². The van der Waals surface area contributed by atoms with Crippen molar-refractivity contribution in [2.24, 2.45) is 17.8 Å². The normalized spacial score (nSPS) is 22.5. The van der Waals surface area contributed by atoms with E-state index in [2.05, 4.69) is 6.92 Å². The highest BCUT2D eigenvalue weighted by Gasteiger charge is 2.53. The van der Waals surface area contributed by atoms with Gasteiger partial charge in [-0.2, -0.15) is 0 Å². The molecule has 24 heavy (non-hydrogen) atoms. The monoisotopic (exact) mass is 340 g/mol. The van der Waals surface area contributed by atoms with Crippen LogP contribution in [0, 0.1) is 17.8 Å². The van der Waals surface area contributed by atoms with E-state index in [1.54, 1.807) is 0 Å². The van der Waals surface area contributed by atoms with E-state index in [0.29, 0.717) is 12.3 Å². The molecular weight excluding hydrogens is 304 g/mol. The highest BCUT2D eigenvalue weighted by Crippen LogP contribution is 2.52. The van der Waals surface area contributed by atoms with E-state index in [1.807, 2.05) is 0 Å².